The monoisotopic (exact) mass is 323 g/mol. The van der Waals surface area contributed by atoms with Crippen LogP contribution in [0.5, 0.6) is 0 Å². The third-order valence-corrected chi connectivity index (χ3v) is 2.85. The zero-order valence-corrected chi connectivity index (χ0v) is 11.4. The second-order valence-electron chi connectivity index (χ2n) is 4.46. The molecule has 8 heteroatoms. The maximum absolute atomic E-state index is 13.0. The normalized spacial score (nSPS) is 10.7. The number of carbonyl (C=O) groups excluding carboxylic acids is 1. The molecule has 0 aliphatic heterocycles. The van der Waals surface area contributed by atoms with Crippen molar-refractivity contribution >= 4 is 11.6 Å². The highest BCUT2D eigenvalue weighted by Crippen LogP contribution is 2.35. The van der Waals surface area contributed by atoms with Crippen molar-refractivity contribution in [3.63, 3.8) is 0 Å². The highest BCUT2D eigenvalue weighted by molar-refractivity contribution is 5.94. The molecule has 118 valence electrons. The van der Waals surface area contributed by atoms with E-state index in [1.807, 2.05) is 0 Å². The fraction of sp³-hybridized carbons (Fsp3) is 0.0667. The molecule has 0 unspecified atom stereocenters. The molecule has 0 saturated heterocycles. The lowest BCUT2D eigenvalue weighted by Gasteiger charge is -2.15. The molecule has 2 aromatic rings. The first-order valence-corrected chi connectivity index (χ1v) is 6.24. The summed E-state index contributed by atoms with van der Waals surface area (Å²) in [6.45, 7) is 0. The van der Waals surface area contributed by atoms with E-state index >= 15 is 0 Å². The minimum Gasteiger partial charge on any atom is -0.298 e. The Bertz CT molecular complexity index is 781. The van der Waals surface area contributed by atoms with Crippen molar-refractivity contribution in [2.24, 2.45) is 0 Å². The first-order chi connectivity index (χ1) is 10.8. The summed E-state index contributed by atoms with van der Waals surface area (Å²) in [5.74, 6) is -1.45. The summed E-state index contributed by atoms with van der Waals surface area (Å²) in [5.41, 5.74) is 2.44. The highest BCUT2D eigenvalue weighted by atomic mass is 19.4. The molecule has 0 spiro atoms. The van der Waals surface area contributed by atoms with Crippen LogP contribution in [0, 0.1) is 17.1 Å². The summed E-state index contributed by atoms with van der Waals surface area (Å²) in [6.07, 6.45) is -4.71. The SMILES string of the molecule is N#Cc1ccc(NNC(=O)c2cccc(F)c2)c(C(F)(F)F)c1. The molecule has 0 aliphatic rings. The molecule has 0 fully saturated rings. The lowest BCUT2D eigenvalue weighted by atomic mass is 10.1. The average Bonchev–Trinajstić information content (AvgIpc) is 2.51. The van der Waals surface area contributed by atoms with Crippen LogP contribution in [0.2, 0.25) is 0 Å². The lowest BCUT2D eigenvalue weighted by Crippen LogP contribution is -2.30. The molecular formula is C15H9F4N3O. The van der Waals surface area contributed by atoms with Crippen LogP contribution in [0.3, 0.4) is 0 Å². The van der Waals surface area contributed by atoms with Crippen molar-refractivity contribution in [1.29, 1.82) is 5.26 Å². The second kappa shape index (κ2) is 6.36. The summed E-state index contributed by atoms with van der Waals surface area (Å²) in [5, 5.41) is 8.67. The zero-order valence-electron chi connectivity index (χ0n) is 11.4. The first kappa shape index (κ1) is 16.3. The van der Waals surface area contributed by atoms with Crippen LogP contribution >= 0.6 is 0 Å². The summed E-state index contributed by atoms with van der Waals surface area (Å²) < 4.78 is 51.9. The number of halogens is 4. The van der Waals surface area contributed by atoms with Crippen molar-refractivity contribution in [3.05, 3.63) is 65.0 Å². The standard InChI is InChI=1S/C15H9F4N3O/c16-11-3-1-2-10(7-11)14(23)22-21-13-5-4-9(8-20)6-12(13)15(17,18)19/h1-7,21H,(H,22,23). The number of anilines is 1. The van der Waals surface area contributed by atoms with Gasteiger partial charge in [0.1, 0.15) is 5.82 Å². The molecule has 0 saturated carbocycles. The van der Waals surface area contributed by atoms with E-state index in [0.717, 1.165) is 18.2 Å². The summed E-state index contributed by atoms with van der Waals surface area (Å²) in [4.78, 5) is 11.8. The Hall–Kier alpha value is -3.08. The number of amides is 1. The van der Waals surface area contributed by atoms with E-state index in [9.17, 15) is 22.4 Å². The second-order valence-corrected chi connectivity index (χ2v) is 4.46. The van der Waals surface area contributed by atoms with Gasteiger partial charge in [-0.2, -0.15) is 18.4 Å². The van der Waals surface area contributed by atoms with Gasteiger partial charge in [-0.1, -0.05) is 6.07 Å². The molecule has 0 aromatic heterocycles. The van der Waals surface area contributed by atoms with Gasteiger partial charge in [0.05, 0.1) is 22.9 Å². The smallest absolute Gasteiger partial charge is 0.298 e. The van der Waals surface area contributed by atoms with Crippen molar-refractivity contribution in [2.45, 2.75) is 6.18 Å². The lowest BCUT2D eigenvalue weighted by molar-refractivity contribution is -0.137. The molecule has 0 heterocycles. The van der Waals surface area contributed by atoms with Gasteiger partial charge in [0.15, 0.2) is 0 Å². The van der Waals surface area contributed by atoms with E-state index in [-0.39, 0.29) is 11.1 Å². The van der Waals surface area contributed by atoms with Gasteiger partial charge >= 0.3 is 6.18 Å². The van der Waals surface area contributed by atoms with Crippen LogP contribution in [0.4, 0.5) is 23.2 Å². The van der Waals surface area contributed by atoms with Crippen LogP contribution in [0.25, 0.3) is 0 Å². The van der Waals surface area contributed by atoms with E-state index in [2.05, 4.69) is 10.9 Å². The molecule has 23 heavy (non-hydrogen) atoms. The number of nitriles is 1. The van der Waals surface area contributed by atoms with E-state index in [1.165, 1.54) is 18.2 Å². The van der Waals surface area contributed by atoms with Gasteiger partial charge in [0.25, 0.3) is 5.91 Å². The fourth-order valence-corrected chi connectivity index (χ4v) is 1.78. The molecular weight excluding hydrogens is 314 g/mol. The summed E-state index contributed by atoms with van der Waals surface area (Å²) in [6, 6.07) is 9.15. The van der Waals surface area contributed by atoms with Gasteiger partial charge in [-0.25, -0.2) is 4.39 Å². The Morgan fingerprint density at radius 2 is 1.87 bits per heavy atom. The van der Waals surface area contributed by atoms with Gasteiger partial charge in [0, 0.05) is 5.56 Å². The molecule has 0 radical (unpaired) electrons. The third kappa shape index (κ3) is 3.97. The van der Waals surface area contributed by atoms with E-state index in [1.54, 1.807) is 6.07 Å². The topological polar surface area (TPSA) is 64.9 Å². The van der Waals surface area contributed by atoms with Crippen LogP contribution in [-0.4, -0.2) is 5.91 Å². The maximum atomic E-state index is 13.0. The molecule has 2 rings (SSSR count). The first-order valence-electron chi connectivity index (χ1n) is 6.24. The van der Waals surface area contributed by atoms with Gasteiger partial charge in [-0.05, 0) is 36.4 Å². The number of hydrazine groups is 1. The van der Waals surface area contributed by atoms with Gasteiger partial charge in [-0.15, -0.1) is 0 Å². The van der Waals surface area contributed by atoms with Crippen LogP contribution in [-0.2, 0) is 6.18 Å². The number of alkyl halides is 3. The van der Waals surface area contributed by atoms with Gasteiger partial charge < -0.3 is 0 Å². The number of benzene rings is 2. The summed E-state index contributed by atoms with van der Waals surface area (Å²) >= 11 is 0. The van der Waals surface area contributed by atoms with Crippen molar-refractivity contribution in [2.75, 3.05) is 5.43 Å². The molecule has 2 aromatic carbocycles. The minimum absolute atomic E-state index is 0.0558. The number of nitrogens with one attached hydrogen (secondary N) is 2. The number of hydrogen-bond acceptors (Lipinski definition) is 3. The number of carbonyl (C=O) groups is 1. The Kier molecular flexibility index (Phi) is 4.50. The Morgan fingerprint density at radius 3 is 2.48 bits per heavy atom. The zero-order chi connectivity index (χ0) is 17.0. The number of hydrogen-bond donors (Lipinski definition) is 2. The molecule has 0 atom stereocenters. The number of rotatable bonds is 3. The van der Waals surface area contributed by atoms with Crippen molar-refractivity contribution in [1.82, 2.24) is 5.43 Å². The van der Waals surface area contributed by atoms with E-state index in [0.29, 0.717) is 6.07 Å². The molecule has 0 bridgehead atoms. The predicted octanol–water partition coefficient (Wildman–Crippen LogP) is 3.47. The third-order valence-electron chi connectivity index (χ3n) is 2.85. The number of nitrogens with zero attached hydrogens (tertiary/aromatic N) is 1. The van der Waals surface area contributed by atoms with Crippen LogP contribution in [0.15, 0.2) is 42.5 Å². The van der Waals surface area contributed by atoms with E-state index < -0.39 is 29.2 Å². The predicted molar refractivity (Wildman–Crippen MR) is 73.6 cm³/mol. The molecule has 4 nitrogen and oxygen atoms in total. The van der Waals surface area contributed by atoms with Crippen molar-refractivity contribution < 1.29 is 22.4 Å². The van der Waals surface area contributed by atoms with Crippen LogP contribution in [0.1, 0.15) is 21.5 Å². The Balaban J connectivity index is 2.21. The maximum Gasteiger partial charge on any atom is 0.418 e. The molecule has 2 N–H and O–H groups in total. The largest absolute Gasteiger partial charge is 0.418 e. The molecule has 1 amide bonds. The van der Waals surface area contributed by atoms with Gasteiger partial charge in [-0.3, -0.25) is 15.6 Å². The van der Waals surface area contributed by atoms with Crippen molar-refractivity contribution in [3.8, 4) is 6.07 Å². The Morgan fingerprint density at radius 1 is 1.13 bits per heavy atom. The highest BCUT2D eigenvalue weighted by Gasteiger charge is 2.34. The quantitative estimate of drug-likeness (QED) is 0.671. The van der Waals surface area contributed by atoms with Crippen LogP contribution < -0.4 is 10.9 Å². The minimum atomic E-state index is -4.71. The fourth-order valence-electron chi connectivity index (χ4n) is 1.78. The van der Waals surface area contributed by atoms with Gasteiger partial charge in [0.2, 0.25) is 0 Å². The average molecular weight is 323 g/mol. The molecule has 0 aliphatic carbocycles. The van der Waals surface area contributed by atoms with E-state index in [4.69, 9.17) is 5.26 Å². The Labute approximate surface area is 128 Å². The summed E-state index contributed by atoms with van der Waals surface area (Å²) in [7, 11) is 0.